The van der Waals surface area contributed by atoms with Crippen LogP contribution >= 0.6 is 28.1 Å². The van der Waals surface area contributed by atoms with Crippen LogP contribution in [0.15, 0.2) is 79.9 Å². The molecule has 41 heavy (non-hydrogen) atoms. The Kier molecular flexibility index (Phi) is 9.47. The molecule has 0 saturated carbocycles. The number of benzene rings is 2. The second-order valence-corrected chi connectivity index (χ2v) is 9.80. The minimum absolute atomic E-state index is 0.0528. The van der Waals surface area contributed by atoms with Gasteiger partial charge in [-0.2, -0.15) is 5.10 Å². The minimum atomic E-state index is -0.649. The molecule has 14 heteroatoms. The van der Waals surface area contributed by atoms with Crippen LogP contribution in [0, 0.1) is 10.1 Å². The lowest BCUT2D eigenvalue weighted by Gasteiger charge is -2.30. The molecule has 0 fully saturated rings. The summed E-state index contributed by atoms with van der Waals surface area (Å²) in [5.74, 6) is 0.136. The number of halogens is 1. The highest BCUT2D eigenvalue weighted by Gasteiger charge is 2.32. The van der Waals surface area contributed by atoms with Crippen LogP contribution in [0.1, 0.15) is 31.2 Å². The number of nitro benzene ring substituents is 1. The number of ether oxygens (including phenoxy) is 2. The van der Waals surface area contributed by atoms with E-state index in [1.54, 1.807) is 56.3 Å². The zero-order chi connectivity index (χ0) is 29.5. The highest BCUT2D eigenvalue weighted by Crippen LogP contribution is 2.34. The molecule has 0 aliphatic carbocycles. The van der Waals surface area contributed by atoms with Crippen LogP contribution in [0.25, 0.3) is 11.3 Å². The quantitative estimate of drug-likeness (QED) is 0.0946. The number of carbonyl (C=O) groups excluding carboxylic acids is 2. The summed E-state index contributed by atoms with van der Waals surface area (Å²) >= 11 is 8.60. The molecule has 12 nitrogen and oxygen atoms in total. The lowest BCUT2D eigenvalue weighted by Crippen LogP contribution is -2.45. The van der Waals surface area contributed by atoms with Crippen LogP contribution in [0.4, 0.5) is 5.69 Å². The zero-order valence-electron chi connectivity index (χ0n) is 21.8. The molecular formula is C27H24BrN5O7S. The number of nitrogens with zero attached hydrogens (tertiary/aromatic N) is 2. The van der Waals surface area contributed by atoms with Gasteiger partial charge in [-0.15, -0.1) is 0 Å². The smallest absolute Gasteiger partial charge is 0.338 e. The van der Waals surface area contributed by atoms with Crippen molar-refractivity contribution in [3.63, 3.8) is 0 Å². The summed E-state index contributed by atoms with van der Waals surface area (Å²) in [5.41, 5.74) is 4.44. The van der Waals surface area contributed by atoms with Crippen molar-refractivity contribution in [1.29, 1.82) is 0 Å². The Bertz CT molecular complexity index is 1570. The monoisotopic (exact) mass is 641 g/mol. The van der Waals surface area contributed by atoms with Gasteiger partial charge in [-0.05, 0) is 66.3 Å². The molecule has 2 aromatic carbocycles. The van der Waals surface area contributed by atoms with Crippen LogP contribution in [0.3, 0.4) is 0 Å². The van der Waals surface area contributed by atoms with Gasteiger partial charge in [-0.3, -0.25) is 14.9 Å². The summed E-state index contributed by atoms with van der Waals surface area (Å²) in [6.07, 6.45) is 1.31. The van der Waals surface area contributed by atoms with Crippen LogP contribution in [0.5, 0.6) is 5.75 Å². The first kappa shape index (κ1) is 29.4. The van der Waals surface area contributed by atoms with Gasteiger partial charge in [0.05, 0.1) is 29.4 Å². The number of para-hydroxylation sites is 1. The average Bonchev–Trinajstić information content (AvgIpc) is 3.40. The molecule has 1 atom stereocenters. The number of hydrogen-bond donors (Lipinski definition) is 3. The molecule has 3 aromatic rings. The van der Waals surface area contributed by atoms with Crippen molar-refractivity contribution in [2.45, 2.75) is 19.9 Å². The molecule has 4 rings (SSSR count). The lowest BCUT2D eigenvalue weighted by molar-refractivity contribution is -0.384. The summed E-state index contributed by atoms with van der Waals surface area (Å²) in [5, 5.41) is 21.2. The second kappa shape index (κ2) is 13.2. The zero-order valence-corrected chi connectivity index (χ0v) is 24.2. The number of hydrogen-bond acceptors (Lipinski definition) is 9. The molecule has 212 valence electrons. The number of amides is 1. The third-order valence-corrected chi connectivity index (χ3v) is 6.67. The van der Waals surface area contributed by atoms with Gasteiger partial charge in [-0.25, -0.2) is 10.2 Å². The molecule has 0 bridgehead atoms. The molecule has 0 radical (unpaired) electrons. The lowest BCUT2D eigenvalue weighted by atomic mass is 9.95. The summed E-state index contributed by atoms with van der Waals surface area (Å²) in [6, 6.07) is 14.0. The Hall–Kier alpha value is -4.56. The van der Waals surface area contributed by atoms with E-state index in [2.05, 4.69) is 37.1 Å². The first-order valence-corrected chi connectivity index (χ1v) is 13.4. The van der Waals surface area contributed by atoms with E-state index in [0.29, 0.717) is 49.3 Å². The number of esters is 1. The van der Waals surface area contributed by atoms with Crippen LogP contribution in [0.2, 0.25) is 0 Å². The Morgan fingerprint density at radius 3 is 2.76 bits per heavy atom. The molecule has 0 spiro atoms. The van der Waals surface area contributed by atoms with E-state index in [9.17, 15) is 19.7 Å². The van der Waals surface area contributed by atoms with Crippen molar-refractivity contribution >= 4 is 57.0 Å². The van der Waals surface area contributed by atoms with Gasteiger partial charge in [0.2, 0.25) is 0 Å². The van der Waals surface area contributed by atoms with Gasteiger partial charge < -0.3 is 24.5 Å². The highest BCUT2D eigenvalue weighted by atomic mass is 79.9. The number of rotatable bonds is 10. The number of carbonyl (C=O) groups is 2. The molecular weight excluding hydrogens is 618 g/mol. The number of hydrazone groups is 1. The maximum absolute atomic E-state index is 12.7. The van der Waals surface area contributed by atoms with E-state index in [1.807, 2.05) is 0 Å². The molecule has 1 aliphatic rings. The normalized spacial score (nSPS) is 14.8. The molecule has 1 aromatic heterocycles. The van der Waals surface area contributed by atoms with Crippen molar-refractivity contribution in [2.24, 2.45) is 5.10 Å². The third-order valence-electron chi connectivity index (χ3n) is 5.79. The molecule has 2 heterocycles. The fourth-order valence-corrected chi connectivity index (χ4v) is 4.82. The number of nitro groups is 1. The summed E-state index contributed by atoms with van der Waals surface area (Å²) in [6.45, 7) is 3.30. The van der Waals surface area contributed by atoms with Gasteiger partial charge >= 0.3 is 5.97 Å². The van der Waals surface area contributed by atoms with Crippen LogP contribution in [-0.4, -0.2) is 41.3 Å². The van der Waals surface area contributed by atoms with Crippen molar-refractivity contribution in [1.82, 2.24) is 16.1 Å². The van der Waals surface area contributed by atoms with E-state index in [-0.39, 0.29) is 18.9 Å². The van der Waals surface area contributed by atoms with E-state index < -0.39 is 22.8 Å². The number of non-ortho nitro benzene ring substituents is 1. The summed E-state index contributed by atoms with van der Waals surface area (Å²) in [7, 11) is 0. The second-order valence-electron chi connectivity index (χ2n) is 8.53. The number of nitrogens with one attached hydrogen (secondary N) is 3. The molecule has 0 unspecified atom stereocenters. The topological polar surface area (TPSA) is 157 Å². The van der Waals surface area contributed by atoms with Gasteiger partial charge in [0, 0.05) is 33.4 Å². The van der Waals surface area contributed by atoms with E-state index in [0.717, 1.165) is 0 Å². The third kappa shape index (κ3) is 7.15. The number of allylic oxidation sites excluding steroid dienone is 1. The van der Waals surface area contributed by atoms with Crippen molar-refractivity contribution in [3.8, 4) is 17.1 Å². The average molecular weight is 642 g/mol. The van der Waals surface area contributed by atoms with Crippen LogP contribution in [-0.2, 0) is 14.3 Å². The van der Waals surface area contributed by atoms with Gasteiger partial charge in [-0.1, -0.05) is 18.2 Å². The Morgan fingerprint density at radius 1 is 1.24 bits per heavy atom. The maximum Gasteiger partial charge on any atom is 0.338 e. The first-order valence-electron chi connectivity index (χ1n) is 12.2. The van der Waals surface area contributed by atoms with Crippen LogP contribution < -0.4 is 20.8 Å². The van der Waals surface area contributed by atoms with E-state index >= 15 is 0 Å². The van der Waals surface area contributed by atoms with Gasteiger partial charge in [0.1, 0.15) is 17.3 Å². The Balaban J connectivity index is 1.40. The van der Waals surface area contributed by atoms with Crippen molar-refractivity contribution < 1.29 is 28.4 Å². The summed E-state index contributed by atoms with van der Waals surface area (Å²) < 4.78 is 17.2. The Labute approximate surface area is 248 Å². The molecule has 3 N–H and O–H groups in total. The predicted molar refractivity (Wildman–Crippen MR) is 157 cm³/mol. The molecule has 1 aliphatic heterocycles. The molecule has 1 amide bonds. The van der Waals surface area contributed by atoms with Crippen molar-refractivity contribution in [3.05, 3.63) is 91.8 Å². The van der Waals surface area contributed by atoms with E-state index in [4.69, 9.17) is 26.1 Å². The summed E-state index contributed by atoms with van der Waals surface area (Å²) in [4.78, 5) is 35.6. The standard InChI is InChI=1S/C27H24BrN5O7S/c1-3-38-26(35)24-15(2)30-27(41)31-25(24)19-6-4-5-7-21(19)39-14-23(34)32-29-13-17-9-11-22(40-17)18-10-8-16(33(36)37)12-20(18)28/h4-13,25H,3,14H2,1-2H3,(H,32,34)(H2,30,31,41)/t25-/m1/s1. The number of furan rings is 1. The van der Waals surface area contributed by atoms with Gasteiger partial charge in [0.25, 0.3) is 11.6 Å². The largest absolute Gasteiger partial charge is 0.483 e. The SMILES string of the molecule is CCOC(=O)C1=C(C)NC(=S)N[C@@H]1c1ccccc1OCC(=O)NN=Cc1ccc(-c2ccc([N+](=O)[O-])cc2Br)o1. The maximum atomic E-state index is 12.7. The fraction of sp³-hybridized carbons (Fsp3) is 0.185. The highest BCUT2D eigenvalue weighted by molar-refractivity contribution is 9.10. The van der Waals surface area contributed by atoms with Gasteiger partial charge in [0.15, 0.2) is 11.7 Å². The van der Waals surface area contributed by atoms with E-state index in [1.165, 1.54) is 18.3 Å². The first-order chi connectivity index (χ1) is 19.7. The number of thiocarbonyl (C=S) groups is 1. The minimum Gasteiger partial charge on any atom is -0.483 e. The Morgan fingerprint density at radius 2 is 2.02 bits per heavy atom. The predicted octanol–water partition coefficient (Wildman–Crippen LogP) is 4.50. The fourth-order valence-electron chi connectivity index (χ4n) is 3.98. The van der Waals surface area contributed by atoms with Crippen molar-refractivity contribution in [2.75, 3.05) is 13.2 Å². The molecule has 0 saturated heterocycles.